The Morgan fingerprint density at radius 2 is 1.74 bits per heavy atom. The Bertz CT molecular complexity index is 1040. The van der Waals surface area contributed by atoms with E-state index in [-0.39, 0.29) is 18.1 Å². The molecule has 1 aromatic rings. The van der Waals surface area contributed by atoms with Crippen molar-refractivity contribution in [3.63, 3.8) is 0 Å². The molecule has 196 valence electrons. The number of nitrogens with one attached hydrogen (secondary N) is 1. The number of urea groups is 1. The van der Waals surface area contributed by atoms with Crippen molar-refractivity contribution in [2.75, 3.05) is 39.9 Å². The number of carbonyl (C=O) groups is 2. The first-order chi connectivity index (χ1) is 16.3. The number of aryl methyl sites for hydroxylation is 2. The van der Waals surface area contributed by atoms with E-state index < -0.39 is 27.6 Å². The molecule has 2 aliphatic heterocycles. The molecule has 10 heteroatoms. The summed E-state index contributed by atoms with van der Waals surface area (Å²) in [6.07, 6.45) is 2.18. The van der Waals surface area contributed by atoms with Gasteiger partial charge in [0, 0.05) is 26.2 Å². The minimum absolute atomic E-state index is 0.0199. The second kappa shape index (κ2) is 10.4. The molecule has 1 spiro atoms. The van der Waals surface area contributed by atoms with Crippen molar-refractivity contribution in [3.05, 3.63) is 29.3 Å². The summed E-state index contributed by atoms with van der Waals surface area (Å²) >= 11 is 0. The molecule has 0 aliphatic carbocycles. The van der Waals surface area contributed by atoms with E-state index in [2.05, 4.69) is 5.32 Å². The van der Waals surface area contributed by atoms with Crippen LogP contribution in [0.3, 0.4) is 0 Å². The molecule has 3 rings (SSSR count). The molecule has 1 atom stereocenters. The Morgan fingerprint density at radius 1 is 1.11 bits per heavy atom. The molecule has 35 heavy (non-hydrogen) atoms. The van der Waals surface area contributed by atoms with E-state index >= 15 is 0 Å². The van der Waals surface area contributed by atoms with E-state index in [0.29, 0.717) is 43.9 Å². The zero-order chi connectivity index (χ0) is 26.0. The van der Waals surface area contributed by atoms with Gasteiger partial charge in [-0.05, 0) is 76.5 Å². The van der Waals surface area contributed by atoms with E-state index in [1.54, 1.807) is 15.3 Å². The van der Waals surface area contributed by atoms with Gasteiger partial charge in [0.15, 0.2) is 6.04 Å². The molecular weight excluding hydrogens is 470 g/mol. The number of methoxy groups -OCH3 is 1. The molecule has 0 bridgehead atoms. The number of hydrogen-bond acceptors (Lipinski definition) is 6. The van der Waals surface area contributed by atoms with E-state index in [1.165, 1.54) is 7.11 Å². The molecule has 2 aliphatic rings. The van der Waals surface area contributed by atoms with E-state index in [1.807, 2.05) is 46.8 Å². The number of ether oxygens (including phenoxy) is 2. The normalized spacial score (nSPS) is 19.5. The summed E-state index contributed by atoms with van der Waals surface area (Å²) in [7, 11) is -2.28. The SMILES string of the molecule is COC(=O)C(COC(C)(C)C)NC(=O)N1CCC2(CCN(S(=O)(=O)c3cc(C)ccc3C)CC2)C1. The van der Waals surface area contributed by atoms with Crippen molar-refractivity contribution in [1.82, 2.24) is 14.5 Å². The van der Waals surface area contributed by atoms with E-state index in [0.717, 1.165) is 17.5 Å². The summed E-state index contributed by atoms with van der Waals surface area (Å²) in [5.41, 5.74) is 1.08. The van der Waals surface area contributed by atoms with Gasteiger partial charge in [-0.3, -0.25) is 0 Å². The Hall–Kier alpha value is -2.17. The first-order valence-electron chi connectivity index (χ1n) is 12.1. The molecule has 0 radical (unpaired) electrons. The predicted octanol–water partition coefficient (Wildman–Crippen LogP) is 2.85. The maximum Gasteiger partial charge on any atom is 0.330 e. The summed E-state index contributed by atoms with van der Waals surface area (Å²) in [4.78, 5) is 27.2. The lowest BCUT2D eigenvalue weighted by atomic mass is 9.78. The van der Waals surface area contributed by atoms with E-state index in [4.69, 9.17) is 9.47 Å². The van der Waals surface area contributed by atoms with Crippen LogP contribution >= 0.6 is 0 Å². The Kier molecular flexibility index (Phi) is 8.18. The smallest absolute Gasteiger partial charge is 0.330 e. The van der Waals surface area contributed by atoms with Gasteiger partial charge in [0.25, 0.3) is 0 Å². The van der Waals surface area contributed by atoms with E-state index in [9.17, 15) is 18.0 Å². The van der Waals surface area contributed by atoms with Crippen molar-refractivity contribution in [1.29, 1.82) is 0 Å². The number of hydrogen-bond donors (Lipinski definition) is 1. The lowest BCUT2D eigenvalue weighted by Crippen LogP contribution is -2.51. The summed E-state index contributed by atoms with van der Waals surface area (Å²) in [6.45, 7) is 11.3. The first-order valence-corrected chi connectivity index (χ1v) is 13.5. The highest BCUT2D eigenvalue weighted by Crippen LogP contribution is 2.41. The van der Waals surface area contributed by atoms with Crippen molar-refractivity contribution in [2.24, 2.45) is 5.41 Å². The molecule has 2 amide bonds. The monoisotopic (exact) mass is 509 g/mol. The maximum atomic E-state index is 13.3. The number of rotatable bonds is 6. The number of benzene rings is 1. The van der Waals surface area contributed by atoms with Gasteiger partial charge in [-0.25, -0.2) is 18.0 Å². The van der Waals surface area contributed by atoms with Gasteiger partial charge < -0.3 is 19.7 Å². The molecular formula is C25H39N3O6S. The lowest BCUT2D eigenvalue weighted by Gasteiger charge is -2.38. The van der Waals surface area contributed by atoms with Crippen LogP contribution in [0.5, 0.6) is 0 Å². The van der Waals surface area contributed by atoms with Crippen molar-refractivity contribution < 1.29 is 27.5 Å². The van der Waals surface area contributed by atoms with Gasteiger partial charge >= 0.3 is 12.0 Å². The zero-order valence-electron chi connectivity index (χ0n) is 21.7. The molecule has 0 aromatic heterocycles. The standard InChI is InChI=1S/C25H39N3O6S/c1-18-7-8-19(2)21(15-18)35(31,32)28-13-10-25(11-14-28)9-12-27(17-25)23(30)26-20(22(29)33-6)16-34-24(3,4)5/h7-8,15,20H,9-14,16-17H2,1-6H3,(H,26,30). The van der Waals surface area contributed by atoms with Gasteiger partial charge in [-0.2, -0.15) is 4.31 Å². The minimum atomic E-state index is -3.56. The molecule has 2 heterocycles. The van der Waals surface area contributed by atoms with Crippen LogP contribution in [0.25, 0.3) is 0 Å². The van der Waals surface area contributed by atoms with Gasteiger partial charge in [0.1, 0.15) is 0 Å². The first kappa shape index (κ1) is 27.4. The topological polar surface area (TPSA) is 105 Å². The van der Waals surface area contributed by atoms with Crippen molar-refractivity contribution >= 4 is 22.0 Å². The number of esters is 1. The largest absolute Gasteiger partial charge is 0.467 e. The number of nitrogens with zero attached hydrogens (tertiary/aromatic N) is 2. The average molecular weight is 510 g/mol. The summed E-state index contributed by atoms with van der Waals surface area (Å²) < 4.78 is 38.6. The molecule has 1 aromatic carbocycles. The number of likely N-dealkylation sites (tertiary alicyclic amines) is 1. The highest BCUT2D eigenvalue weighted by molar-refractivity contribution is 7.89. The Balaban J connectivity index is 1.60. The molecule has 9 nitrogen and oxygen atoms in total. The van der Waals surface area contributed by atoms with Crippen molar-refractivity contribution in [3.8, 4) is 0 Å². The van der Waals surface area contributed by atoms with Gasteiger partial charge in [-0.1, -0.05) is 12.1 Å². The summed E-state index contributed by atoms with van der Waals surface area (Å²) in [5, 5.41) is 2.75. The van der Waals surface area contributed by atoms with Crippen LogP contribution in [0.15, 0.2) is 23.1 Å². The highest BCUT2D eigenvalue weighted by atomic mass is 32.2. The molecule has 2 fully saturated rings. The van der Waals surface area contributed by atoms with Gasteiger partial charge in [-0.15, -0.1) is 0 Å². The van der Waals surface area contributed by atoms with Crippen LogP contribution in [0.2, 0.25) is 0 Å². The third-order valence-electron chi connectivity index (χ3n) is 6.94. The quantitative estimate of drug-likeness (QED) is 0.592. The van der Waals surface area contributed by atoms with Crippen LogP contribution in [-0.4, -0.2) is 81.2 Å². The third-order valence-corrected chi connectivity index (χ3v) is 8.98. The van der Waals surface area contributed by atoms with Crippen LogP contribution in [-0.2, 0) is 24.3 Å². The van der Waals surface area contributed by atoms with Crippen molar-refractivity contribution in [2.45, 2.75) is 70.4 Å². The molecule has 0 saturated carbocycles. The van der Waals surface area contributed by atoms with Crippen LogP contribution in [0, 0.1) is 19.3 Å². The molecule has 2 saturated heterocycles. The van der Waals surface area contributed by atoms with Crippen LogP contribution in [0.4, 0.5) is 4.79 Å². The fourth-order valence-electron chi connectivity index (χ4n) is 4.73. The second-order valence-corrected chi connectivity index (χ2v) is 12.7. The summed E-state index contributed by atoms with van der Waals surface area (Å²) in [5.74, 6) is -0.554. The molecule has 1 N–H and O–H groups in total. The van der Waals surface area contributed by atoms with Gasteiger partial charge in [0.2, 0.25) is 10.0 Å². The Morgan fingerprint density at radius 3 is 2.34 bits per heavy atom. The van der Waals surface area contributed by atoms with Gasteiger partial charge in [0.05, 0.1) is 24.2 Å². The zero-order valence-corrected chi connectivity index (χ0v) is 22.5. The Labute approximate surface area is 209 Å². The van der Waals surface area contributed by atoms with Crippen LogP contribution < -0.4 is 5.32 Å². The number of piperidine rings is 1. The fraction of sp³-hybridized carbons (Fsp3) is 0.680. The number of carbonyl (C=O) groups excluding carboxylic acids is 2. The fourth-order valence-corrected chi connectivity index (χ4v) is 6.48. The molecule has 1 unspecified atom stereocenters. The number of sulfonamides is 1. The predicted molar refractivity (Wildman–Crippen MR) is 133 cm³/mol. The second-order valence-electron chi connectivity index (χ2n) is 10.8. The third kappa shape index (κ3) is 6.54. The average Bonchev–Trinajstić information content (AvgIpc) is 3.20. The summed E-state index contributed by atoms with van der Waals surface area (Å²) in [6, 6.07) is 4.26. The minimum Gasteiger partial charge on any atom is -0.467 e. The van der Waals surface area contributed by atoms with Crippen LogP contribution in [0.1, 0.15) is 51.2 Å². The lowest BCUT2D eigenvalue weighted by molar-refractivity contribution is -0.146. The highest BCUT2D eigenvalue weighted by Gasteiger charge is 2.44. The number of amides is 2. The maximum absolute atomic E-state index is 13.3.